The van der Waals surface area contributed by atoms with Crippen LogP contribution in [-0.4, -0.2) is 33.9 Å². The van der Waals surface area contributed by atoms with Crippen molar-refractivity contribution >= 4 is 11.6 Å². The molecule has 2 N–H and O–H groups in total. The Morgan fingerprint density at radius 3 is 2.69 bits per heavy atom. The van der Waals surface area contributed by atoms with Gasteiger partial charge in [-0.3, -0.25) is 14.8 Å². The summed E-state index contributed by atoms with van der Waals surface area (Å²) in [4.78, 5) is 23.0. The number of rotatable bonds is 4. The second-order valence-corrected chi connectivity index (χ2v) is 7.14. The van der Waals surface area contributed by atoms with E-state index in [9.17, 15) is 13.6 Å². The third-order valence-electron chi connectivity index (χ3n) is 5.25. The average Bonchev–Trinajstić information content (AvgIpc) is 3.21. The molecule has 1 aliphatic rings. The molecule has 5 nitrogen and oxygen atoms in total. The Labute approximate surface area is 167 Å². The van der Waals surface area contributed by atoms with Crippen LogP contribution in [0.1, 0.15) is 23.6 Å². The van der Waals surface area contributed by atoms with Crippen LogP contribution < -0.4 is 5.73 Å². The number of hydrogen-bond acceptors (Lipinski definition) is 4. The Kier molecular flexibility index (Phi) is 5.20. The van der Waals surface area contributed by atoms with Gasteiger partial charge in [0, 0.05) is 43.0 Å². The number of carbonyl (C=O) groups is 1. The number of likely N-dealkylation sites (tertiary alicyclic amines) is 1. The summed E-state index contributed by atoms with van der Waals surface area (Å²) >= 11 is 0. The SMILES string of the molecule is Nc1ccc(-c2ccc(F)cc2F)nc1CC(=O)N1CCC(c2ccncc2)C1. The Morgan fingerprint density at radius 2 is 1.93 bits per heavy atom. The monoisotopic (exact) mass is 394 g/mol. The van der Waals surface area contributed by atoms with Gasteiger partial charge in [0.1, 0.15) is 11.6 Å². The van der Waals surface area contributed by atoms with Gasteiger partial charge in [0.15, 0.2) is 0 Å². The zero-order valence-corrected chi connectivity index (χ0v) is 15.7. The van der Waals surface area contributed by atoms with Crippen LogP contribution in [0, 0.1) is 11.6 Å². The molecule has 2 aromatic heterocycles. The first-order chi connectivity index (χ1) is 14.0. The summed E-state index contributed by atoms with van der Waals surface area (Å²) in [7, 11) is 0. The highest BCUT2D eigenvalue weighted by atomic mass is 19.1. The maximum Gasteiger partial charge on any atom is 0.228 e. The number of nitrogen functional groups attached to an aromatic ring is 1. The molecule has 3 heterocycles. The Balaban J connectivity index is 1.50. The van der Waals surface area contributed by atoms with Crippen LogP contribution >= 0.6 is 0 Å². The van der Waals surface area contributed by atoms with E-state index >= 15 is 0 Å². The van der Waals surface area contributed by atoms with E-state index in [1.807, 2.05) is 12.1 Å². The highest BCUT2D eigenvalue weighted by molar-refractivity contribution is 5.80. The van der Waals surface area contributed by atoms with Crippen molar-refractivity contribution in [1.29, 1.82) is 0 Å². The van der Waals surface area contributed by atoms with E-state index in [0.29, 0.717) is 30.2 Å². The molecule has 0 radical (unpaired) electrons. The zero-order valence-electron chi connectivity index (χ0n) is 15.7. The first kappa shape index (κ1) is 19.0. The lowest BCUT2D eigenvalue weighted by Gasteiger charge is -2.17. The summed E-state index contributed by atoms with van der Waals surface area (Å²) in [5, 5.41) is 0. The number of anilines is 1. The number of benzene rings is 1. The number of nitrogens with zero attached hydrogens (tertiary/aromatic N) is 3. The lowest BCUT2D eigenvalue weighted by atomic mass is 10.00. The summed E-state index contributed by atoms with van der Waals surface area (Å²) in [5.41, 5.74) is 8.41. The van der Waals surface area contributed by atoms with Gasteiger partial charge in [-0.25, -0.2) is 8.78 Å². The Bertz CT molecular complexity index is 1040. The molecule has 0 saturated carbocycles. The maximum atomic E-state index is 14.1. The summed E-state index contributed by atoms with van der Waals surface area (Å²) in [6, 6.07) is 10.4. The molecule has 1 aromatic carbocycles. The summed E-state index contributed by atoms with van der Waals surface area (Å²) in [5.74, 6) is -1.15. The first-order valence-corrected chi connectivity index (χ1v) is 9.40. The highest BCUT2D eigenvalue weighted by Crippen LogP contribution is 2.28. The molecular weight excluding hydrogens is 374 g/mol. The van der Waals surface area contributed by atoms with E-state index in [0.717, 1.165) is 12.5 Å². The Morgan fingerprint density at radius 1 is 1.14 bits per heavy atom. The van der Waals surface area contributed by atoms with Gasteiger partial charge in [-0.05, 0) is 48.4 Å². The number of halogens is 2. The van der Waals surface area contributed by atoms with Gasteiger partial charge in [-0.15, -0.1) is 0 Å². The average molecular weight is 394 g/mol. The first-order valence-electron chi connectivity index (χ1n) is 9.40. The van der Waals surface area contributed by atoms with Gasteiger partial charge in [-0.2, -0.15) is 0 Å². The van der Waals surface area contributed by atoms with Gasteiger partial charge in [-0.1, -0.05) is 0 Å². The molecule has 0 bridgehead atoms. The largest absolute Gasteiger partial charge is 0.397 e. The molecule has 4 rings (SSSR count). The minimum atomic E-state index is -0.709. The number of hydrogen-bond donors (Lipinski definition) is 1. The fourth-order valence-corrected chi connectivity index (χ4v) is 3.65. The molecule has 7 heteroatoms. The molecular formula is C22H20F2N4O. The van der Waals surface area contributed by atoms with Crippen molar-refractivity contribution in [2.75, 3.05) is 18.8 Å². The third-order valence-corrected chi connectivity index (χ3v) is 5.25. The summed E-state index contributed by atoms with van der Waals surface area (Å²) in [6.07, 6.45) is 4.43. The second-order valence-electron chi connectivity index (χ2n) is 7.14. The smallest absolute Gasteiger partial charge is 0.228 e. The number of pyridine rings is 2. The van der Waals surface area contributed by atoms with Crippen LogP contribution in [-0.2, 0) is 11.2 Å². The van der Waals surface area contributed by atoms with Crippen molar-refractivity contribution in [3.05, 3.63) is 77.8 Å². The van der Waals surface area contributed by atoms with Crippen LogP contribution in [0.15, 0.2) is 54.9 Å². The maximum absolute atomic E-state index is 14.1. The van der Waals surface area contributed by atoms with Crippen molar-refractivity contribution in [2.45, 2.75) is 18.8 Å². The van der Waals surface area contributed by atoms with Crippen molar-refractivity contribution in [2.24, 2.45) is 0 Å². The van der Waals surface area contributed by atoms with Crippen LogP contribution in [0.3, 0.4) is 0 Å². The van der Waals surface area contributed by atoms with Gasteiger partial charge in [0.05, 0.1) is 23.5 Å². The molecule has 1 amide bonds. The van der Waals surface area contributed by atoms with Crippen molar-refractivity contribution < 1.29 is 13.6 Å². The van der Waals surface area contributed by atoms with E-state index in [4.69, 9.17) is 5.73 Å². The van der Waals surface area contributed by atoms with Crippen LogP contribution in [0.2, 0.25) is 0 Å². The zero-order chi connectivity index (χ0) is 20.4. The van der Waals surface area contributed by atoms with Crippen molar-refractivity contribution in [1.82, 2.24) is 14.9 Å². The number of aromatic nitrogens is 2. The fourth-order valence-electron chi connectivity index (χ4n) is 3.65. The summed E-state index contributed by atoms with van der Waals surface area (Å²) < 4.78 is 27.3. The lowest BCUT2D eigenvalue weighted by molar-refractivity contribution is -0.129. The van der Waals surface area contributed by atoms with Crippen molar-refractivity contribution in [3.63, 3.8) is 0 Å². The highest BCUT2D eigenvalue weighted by Gasteiger charge is 2.28. The normalized spacial score (nSPS) is 16.2. The quantitative estimate of drug-likeness (QED) is 0.734. The lowest BCUT2D eigenvalue weighted by Crippen LogP contribution is -2.30. The van der Waals surface area contributed by atoms with E-state index in [1.165, 1.54) is 17.7 Å². The van der Waals surface area contributed by atoms with Gasteiger partial charge >= 0.3 is 0 Å². The van der Waals surface area contributed by atoms with Crippen LogP contribution in [0.5, 0.6) is 0 Å². The molecule has 3 aromatic rings. The van der Waals surface area contributed by atoms with E-state index in [2.05, 4.69) is 9.97 Å². The molecule has 1 aliphatic heterocycles. The molecule has 148 valence electrons. The molecule has 0 spiro atoms. The minimum absolute atomic E-state index is 0.0333. The standard InChI is InChI=1S/C22H20F2N4O/c23-16-1-2-17(18(24)11-16)20-4-3-19(25)21(27-20)12-22(29)28-10-7-15(13-28)14-5-8-26-9-6-14/h1-6,8-9,11,15H,7,10,12-13,25H2. The predicted molar refractivity (Wildman–Crippen MR) is 106 cm³/mol. The second kappa shape index (κ2) is 7.95. The summed E-state index contributed by atoms with van der Waals surface area (Å²) in [6.45, 7) is 1.30. The van der Waals surface area contributed by atoms with E-state index in [-0.39, 0.29) is 23.8 Å². The molecule has 1 atom stereocenters. The van der Waals surface area contributed by atoms with Gasteiger partial charge in [0.25, 0.3) is 0 Å². The molecule has 1 fully saturated rings. The number of nitrogens with two attached hydrogens (primary N) is 1. The van der Waals surface area contributed by atoms with Crippen LogP contribution in [0.4, 0.5) is 14.5 Å². The molecule has 1 saturated heterocycles. The Hall–Kier alpha value is -3.35. The fraction of sp³-hybridized carbons (Fsp3) is 0.227. The van der Waals surface area contributed by atoms with E-state index < -0.39 is 11.6 Å². The van der Waals surface area contributed by atoms with Gasteiger partial charge < -0.3 is 10.6 Å². The van der Waals surface area contributed by atoms with Gasteiger partial charge in [0.2, 0.25) is 5.91 Å². The molecule has 1 unspecified atom stereocenters. The van der Waals surface area contributed by atoms with Crippen molar-refractivity contribution in [3.8, 4) is 11.3 Å². The van der Waals surface area contributed by atoms with E-state index in [1.54, 1.807) is 29.4 Å². The minimum Gasteiger partial charge on any atom is -0.397 e. The van der Waals surface area contributed by atoms with Crippen LogP contribution in [0.25, 0.3) is 11.3 Å². The number of carbonyl (C=O) groups excluding carboxylic acids is 1. The topological polar surface area (TPSA) is 72.1 Å². The predicted octanol–water partition coefficient (Wildman–Crippen LogP) is 3.56. The molecule has 0 aliphatic carbocycles. The molecule has 29 heavy (non-hydrogen) atoms. The number of amides is 1. The third kappa shape index (κ3) is 4.08.